The maximum atomic E-state index is 10.5. The number of nitrogens with zero attached hydrogens (tertiary/aromatic N) is 2. The van der Waals surface area contributed by atoms with Gasteiger partial charge in [-0.3, -0.25) is 15.5 Å². The van der Waals surface area contributed by atoms with Crippen LogP contribution in [0.1, 0.15) is 5.56 Å². The van der Waals surface area contributed by atoms with Crippen molar-refractivity contribution < 1.29 is 10.0 Å². The summed E-state index contributed by atoms with van der Waals surface area (Å²) in [6.45, 7) is 0. The third-order valence-electron chi connectivity index (χ3n) is 2.52. The van der Waals surface area contributed by atoms with E-state index in [9.17, 15) is 15.2 Å². The molecule has 0 unspecified atom stereocenters. The molecule has 0 saturated carbocycles. The van der Waals surface area contributed by atoms with Gasteiger partial charge in [0.1, 0.15) is 5.75 Å². The van der Waals surface area contributed by atoms with Gasteiger partial charge in [0.05, 0.1) is 25.8 Å². The van der Waals surface area contributed by atoms with Gasteiger partial charge in [0.15, 0.2) is 0 Å². The summed E-state index contributed by atoms with van der Waals surface area (Å²) in [4.78, 5) is 10.1. The Morgan fingerprint density at radius 1 is 1.19 bits per heavy atom. The Morgan fingerprint density at radius 3 is 2.29 bits per heavy atom. The SMILES string of the molecule is O=[N+]([O-])c1ccc(N/N=C\c2cc(Br)c(O)c(Br)c2)cc1. The number of nitrogens with one attached hydrogen (secondary N) is 1. The summed E-state index contributed by atoms with van der Waals surface area (Å²) in [5.41, 5.74) is 4.19. The number of nitro benzene ring substituents is 1. The van der Waals surface area contributed by atoms with E-state index < -0.39 is 4.92 Å². The second-order valence-corrected chi connectivity index (χ2v) is 5.72. The maximum Gasteiger partial charge on any atom is 0.269 e. The van der Waals surface area contributed by atoms with Crippen LogP contribution in [0.3, 0.4) is 0 Å². The molecule has 0 radical (unpaired) electrons. The van der Waals surface area contributed by atoms with Crippen molar-refractivity contribution in [3.8, 4) is 5.75 Å². The van der Waals surface area contributed by atoms with Gasteiger partial charge >= 0.3 is 0 Å². The first-order valence-electron chi connectivity index (χ1n) is 5.69. The number of phenols is 1. The molecule has 2 aromatic carbocycles. The van der Waals surface area contributed by atoms with Crippen molar-refractivity contribution in [2.24, 2.45) is 5.10 Å². The molecule has 0 saturated heterocycles. The van der Waals surface area contributed by atoms with Crippen LogP contribution in [-0.2, 0) is 0 Å². The van der Waals surface area contributed by atoms with E-state index in [2.05, 4.69) is 42.4 Å². The number of aromatic hydroxyl groups is 1. The molecule has 2 rings (SSSR count). The van der Waals surface area contributed by atoms with Gasteiger partial charge in [-0.05, 0) is 61.7 Å². The molecule has 0 bridgehead atoms. The van der Waals surface area contributed by atoms with E-state index in [1.54, 1.807) is 30.5 Å². The van der Waals surface area contributed by atoms with Gasteiger partial charge in [-0.15, -0.1) is 0 Å². The first-order valence-corrected chi connectivity index (χ1v) is 7.27. The van der Waals surface area contributed by atoms with E-state index >= 15 is 0 Å². The summed E-state index contributed by atoms with van der Waals surface area (Å²) in [7, 11) is 0. The highest BCUT2D eigenvalue weighted by molar-refractivity contribution is 9.11. The minimum atomic E-state index is -0.460. The van der Waals surface area contributed by atoms with Crippen molar-refractivity contribution in [3.05, 3.63) is 61.0 Å². The number of hydrazone groups is 1. The van der Waals surface area contributed by atoms with Crippen LogP contribution in [0.2, 0.25) is 0 Å². The Hall–Kier alpha value is -1.93. The van der Waals surface area contributed by atoms with Gasteiger partial charge < -0.3 is 5.11 Å². The minimum Gasteiger partial charge on any atom is -0.506 e. The zero-order valence-electron chi connectivity index (χ0n) is 10.5. The number of nitro groups is 1. The monoisotopic (exact) mass is 413 g/mol. The van der Waals surface area contributed by atoms with E-state index in [4.69, 9.17) is 0 Å². The summed E-state index contributed by atoms with van der Waals surface area (Å²) < 4.78 is 1.10. The molecule has 0 aliphatic heterocycles. The van der Waals surface area contributed by atoms with Gasteiger partial charge in [-0.1, -0.05) is 0 Å². The standard InChI is InChI=1S/C13H9Br2N3O3/c14-11-5-8(6-12(15)13(11)19)7-16-17-9-1-3-10(4-2-9)18(20)21/h1-7,17,19H/b16-7-. The number of benzene rings is 2. The molecule has 0 fully saturated rings. The van der Waals surface area contributed by atoms with Crippen LogP contribution in [0.25, 0.3) is 0 Å². The molecule has 2 N–H and O–H groups in total. The molecule has 0 heterocycles. The van der Waals surface area contributed by atoms with E-state index in [1.807, 2.05) is 0 Å². The topological polar surface area (TPSA) is 87.8 Å². The third kappa shape index (κ3) is 4.02. The number of rotatable bonds is 4. The van der Waals surface area contributed by atoms with E-state index in [0.717, 1.165) is 5.56 Å². The molecule has 8 heteroatoms. The first-order chi connectivity index (χ1) is 9.97. The molecule has 0 atom stereocenters. The molecule has 108 valence electrons. The van der Waals surface area contributed by atoms with Crippen LogP contribution in [0.5, 0.6) is 5.75 Å². The lowest BCUT2D eigenvalue weighted by molar-refractivity contribution is -0.384. The summed E-state index contributed by atoms with van der Waals surface area (Å²) in [6, 6.07) is 9.34. The van der Waals surface area contributed by atoms with Crippen LogP contribution < -0.4 is 5.43 Å². The normalized spacial score (nSPS) is 10.8. The number of hydrogen-bond acceptors (Lipinski definition) is 5. The summed E-state index contributed by atoms with van der Waals surface area (Å²) in [5.74, 6) is 0.121. The van der Waals surface area contributed by atoms with Gasteiger partial charge in [0.2, 0.25) is 0 Å². The summed E-state index contributed by atoms with van der Waals surface area (Å²) >= 11 is 6.46. The third-order valence-corrected chi connectivity index (χ3v) is 3.73. The fraction of sp³-hybridized carbons (Fsp3) is 0. The second kappa shape index (κ2) is 6.68. The molecular weight excluding hydrogens is 406 g/mol. The van der Waals surface area contributed by atoms with Crippen molar-refractivity contribution >= 4 is 49.4 Å². The fourth-order valence-corrected chi connectivity index (χ4v) is 2.72. The van der Waals surface area contributed by atoms with Crippen LogP contribution in [-0.4, -0.2) is 16.2 Å². The predicted octanol–water partition coefficient (Wildman–Crippen LogP) is 4.27. The quantitative estimate of drug-likeness (QED) is 0.444. The second-order valence-electron chi connectivity index (χ2n) is 4.01. The number of hydrogen-bond donors (Lipinski definition) is 2. The van der Waals surface area contributed by atoms with Gasteiger partial charge in [0, 0.05) is 12.1 Å². The lowest BCUT2D eigenvalue weighted by Gasteiger charge is -2.02. The number of non-ortho nitro benzene ring substituents is 1. The highest BCUT2D eigenvalue weighted by Crippen LogP contribution is 2.32. The summed E-state index contributed by atoms with van der Waals surface area (Å²) in [6.07, 6.45) is 1.57. The van der Waals surface area contributed by atoms with Gasteiger partial charge in [-0.2, -0.15) is 5.10 Å². The maximum absolute atomic E-state index is 10.5. The molecular formula is C13H9Br2N3O3. The zero-order valence-corrected chi connectivity index (χ0v) is 13.6. The highest BCUT2D eigenvalue weighted by Gasteiger charge is 2.05. The van der Waals surface area contributed by atoms with Crippen molar-refractivity contribution in [2.45, 2.75) is 0 Å². The Labute approximate surface area is 136 Å². The average molecular weight is 415 g/mol. The van der Waals surface area contributed by atoms with Crippen LogP contribution in [0.4, 0.5) is 11.4 Å². The minimum absolute atomic E-state index is 0.0240. The molecule has 21 heavy (non-hydrogen) atoms. The van der Waals surface area contributed by atoms with Crippen molar-refractivity contribution in [1.82, 2.24) is 0 Å². The van der Waals surface area contributed by atoms with Gasteiger partial charge in [-0.25, -0.2) is 0 Å². The predicted molar refractivity (Wildman–Crippen MR) is 87.8 cm³/mol. The fourth-order valence-electron chi connectivity index (χ4n) is 1.50. The van der Waals surface area contributed by atoms with Crippen molar-refractivity contribution in [3.63, 3.8) is 0 Å². The van der Waals surface area contributed by atoms with Crippen LogP contribution in [0.15, 0.2) is 50.4 Å². The lowest BCUT2D eigenvalue weighted by Crippen LogP contribution is -1.92. The molecule has 0 spiro atoms. The Morgan fingerprint density at radius 2 is 1.76 bits per heavy atom. The smallest absolute Gasteiger partial charge is 0.269 e. The lowest BCUT2D eigenvalue weighted by atomic mass is 10.2. The number of anilines is 1. The largest absolute Gasteiger partial charge is 0.506 e. The van der Waals surface area contributed by atoms with E-state index in [0.29, 0.717) is 14.6 Å². The first kappa shape index (κ1) is 15.5. The Balaban J connectivity index is 2.07. The van der Waals surface area contributed by atoms with Gasteiger partial charge in [0.25, 0.3) is 5.69 Å². The molecule has 2 aromatic rings. The van der Waals surface area contributed by atoms with E-state index in [1.165, 1.54) is 12.1 Å². The molecule has 6 nitrogen and oxygen atoms in total. The van der Waals surface area contributed by atoms with Crippen LogP contribution in [0, 0.1) is 10.1 Å². The molecule has 0 aromatic heterocycles. The Bertz CT molecular complexity index is 679. The molecule has 0 aliphatic rings. The molecule has 0 aliphatic carbocycles. The zero-order chi connectivity index (χ0) is 15.4. The highest BCUT2D eigenvalue weighted by atomic mass is 79.9. The Kier molecular flexibility index (Phi) is 4.92. The number of halogens is 2. The van der Waals surface area contributed by atoms with E-state index in [-0.39, 0.29) is 11.4 Å². The van der Waals surface area contributed by atoms with Crippen LogP contribution >= 0.6 is 31.9 Å². The van der Waals surface area contributed by atoms with Crippen molar-refractivity contribution in [2.75, 3.05) is 5.43 Å². The van der Waals surface area contributed by atoms with Crippen molar-refractivity contribution in [1.29, 1.82) is 0 Å². The number of phenolic OH excluding ortho intramolecular Hbond substituents is 1. The molecule has 0 amide bonds. The summed E-state index contributed by atoms with van der Waals surface area (Å²) in [5, 5.41) is 24.2. The average Bonchev–Trinajstić information content (AvgIpc) is 2.45.